The fourth-order valence-electron chi connectivity index (χ4n) is 2.03. The van der Waals surface area contributed by atoms with E-state index in [0.717, 1.165) is 24.2 Å². The van der Waals surface area contributed by atoms with E-state index in [9.17, 15) is 4.79 Å². The molecule has 21 heavy (non-hydrogen) atoms. The predicted octanol–water partition coefficient (Wildman–Crippen LogP) is 2.93. The summed E-state index contributed by atoms with van der Waals surface area (Å²) < 4.78 is 11.6. The molecule has 1 saturated heterocycles. The van der Waals surface area contributed by atoms with Gasteiger partial charge in [-0.15, -0.1) is 0 Å². The molecule has 114 valence electrons. The van der Waals surface area contributed by atoms with Crippen LogP contribution in [0.1, 0.15) is 25.3 Å². The van der Waals surface area contributed by atoms with Crippen molar-refractivity contribution >= 4 is 34.2 Å². The van der Waals surface area contributed by atoms with Crippen LogP contribution in [0.15, 0.2) is 18.2 Å². The number of hydrogen-bond acceptors (Lipinski definition) is 5. The summed E-state index contributed by atoms with van der Waals surface area (Å²) >= 11 is 6.41. The van der Waals surface area contributed by atoms with E-state index in [2.05, 4.69) is 12.2 Å². The van der Waals surface area contributed by atoms with Gasteiger partial charge in [-0.3, -0.25) is 4.79 Å². The van der Waals surface area contributed by atoms with Crippen molar-refractivity contribution in [1.29, 1.82) is 0 Å². The van der Waals surface area contributed by atoms with E-state index in [1.807, 2.05) is 18.2 Å². The number of nitrogens with one attached hydrogen (secondary N) is 1. The van der Waals surface area contributed by atoms with E-state index in [1.54, 1.807) is 7.11 Å². The third-order valence-corrected chi connectivity index (χ3v) is 4.54. The summed E-state index contributed by atoms with van der Waals surface area (Å²) in [7, 11) is 1.62. The Bertz CT molecular complexity index is 534. The number of carbonyl (C=O) groups is 1. The Labute approximate surface area is 134 Å². The number of thiocarbonyl (C=S) groups is 1. The zero-order valence-electron chi connectivity index (χ0n) is 12.2. The maximum absolute atomic E-state index is 11.7. The van der Waals surface area contributed by atoms with Gasteiger partial charge in [0.15, 0.2) is 11.5 Å². The third-order valence-electron chi connectivity index (χ3n) is 3.17. The molecule has 1 aliphatic heterocycles. The van der Waals surface area contributed by atoms with Crippen molar-refractivity contribution in [3.63, 3.8) is 0 Å². The van der Waals surface area contributed by atoms with Crippen molar-refractivity contribution in [3.8, 4) is 11.5 Å². The van der Waals surface area contributed by atoms with Crippen molar-refractivity contribution in [3.05, 3.63) is 23.8 Å². The van der Waals surface area contributed by atoms with Crippen LogP contribution in [0.25, 0.3) is 0 Å². The summed E-state index contributed by atoms with van der Waals surface area (Å²) in [6.45, 7) is 2.81. The zero-order valence-corrected chi connectivity index (χ0v) is 13.8. The number of thioether (sulfide) groups is 1. The average Bonchev–Trinajstić information content (AvgIpc) is 2.78. The molecule has 1 amide bonds. The molecule has 0 saturated carbocycles. The SMILES string of the molecule is CCCCOc1ccc(CC2SC(=S)NC2=O)cc1OC. The molecule has 0 spiro atoms. The molecule has 4 nitrogen and oxygen atoms in total. The van der Waals surface area contributed by atoms with Gasteiger partial charge in [-0.1, -0.05) is 43.4 Å². The summed E-state index contributed by atoms with van der Waals surface area (Å²) in [6, 6.07) is 5.80. The van der Waals surface area contributed by atoms with Crippen LogP contribution in [0, 0.1) is 0 Å². The molecular weight excluding hydrogens is 306 g/mol. The lowest BCUT2D eigenvalue weighted by atomic mass is 10.1. The van der Waals surface area contributed by atoms with Crippen molar-refractivity contribution in [2.24, 2.45) is 0 Å². The van der Waals surface area contributed by atoms with Gasteiger partial charge < -0.3 is 14.8 Å². The van der Waals surface area contributed by atoms with Crippen LogP contribution in [0.2, 0.25) is 0 Å². The fourth-order valence-corrected chi connectivity index (χ4v) is 3.34. The molecule has 1 unspecified atom stereocenters. The van der Waals surface area contributed by atoms with E-state index < -0.39 is 0 Å². The van der Waals surface area contributed by atoms with Gasteiger partial charge in [0.1, 0.15) is 4.32 Å². The largest absolute Gasteiger partial charge is 0.493 e. The van der Waals surface area contributed by atoms with E-state index in [4.69, 9.17) is 21.7 Å². The van der Waals surface area contributed by atoms with Gasteiger partial charge in [-0.05, 0) is 30.5 Å². The maximum Gasteiger partial charge on any atom is 0.239 e. The molecule has 2 rings (SSSR count). The van der Waals surface area contributed by atoms with Crippen LogP contribution in [0.4, 0.5) is 0 Å². The Hall–Kier alpha value is -1.27. The van der Waals surface area contributed by atoms with Gasteiger partial charge >= 0.3 is 0 Å². The number of hydrogen-bond donors (Lipinski definition) is 1. The average molecular weight is 325 g/mol. The summed E-state index contributed by atoms with van der Waals surface area (Å²) in [6.07, 6.45) is 2.73. The molecule has 1 atom stereocenters. The number of carbonyl (C=O) groups excluding carboxylic acids is 1. The van der Waals surface area contributed by atoms with Crippen molar-refractivity contribution in [2.75, 3.05) is 13.7 Å². The number of benzene rings is 1. The Morgan fingerprint density at radius 1 is 1.38 bits per heavy atom. The lowest BCUT2D eigenvalue weighted by molar-refractivity contribution is -0.118. The van der Waals surface area contributed by atoms with E-state index in [-0.39, 0.29) is 11.2 Å². The van der Waals surface area contributed by atoms with Crippen molar-refractivity contribution < 1.29 is 14.3 Å². The van der Waals surface area contributed by atoms with Crippen molar-refractivity contribution in [1.82, 2.24) is 5.32 Å². The van der Waals surface area contributed by atoms with Crippen LogP contribution in [0.5, 0.6) is 11.5 Å². The van der Waals surface area contributed by atoms with Gasteiger partial charge in [0.2, 0.25) is 5.91 Å². The molecule has 0 bridgehead atoms. The molecule has 1 aromatic rings. The first kappa shape index (κ1) is 16.1. The highest BCUT2D eigenvalue weighted by molar-refractivity contribution is 8.24. The number of rotatable bonds is 7. The molecular formula is C15H19NO3S2. The van der Waals surface area contributed by atoms with Gasteiger partial charge in [0.25, 0.3) is 0 Å². The topological polar surface area (TPSA) is 47.6 Å². The quantitative estimate of drug-likeness (QED) is 0.617. The second-order valence-electron chi connectivity index (χ2n) is 4.77. The smallest absolute Gasteiger partial charge is 0.239 e. The highest BCUT2D eigenvalue weighted by Crippen LogP contribution is 2.30. The zero-order chi connectivity index (χ0) is 15.2. The second-order valence-corrected chi connectivity index (χ2v) is 6.65. The van der Waals surface area contributed by atoms with E-state index >= 15 is 0 Å². The Morgan fingerprint density at radius 2 is 2.19 bits per heavy atom. The van der Waals surface area contributed by atoms with E-state index in [0.29, 0.717) is 23.1 Å². The number of amides is 1. The van der Waals surface area contributed by atoms with Crippen molar-refractivity contribution in [2.45, 2.75) is 31.4 Å². The highest BCUT2D eigenvalue weighted by atomic mass is 32.2. The first-order valence-corrected chi connectivity index (χ1v) is 8.24. The minimum atomic E-state index is -0.158. The monoisotopic (exact) mass is 325 g/mol. The number of ether oxygens (including phenoxy) is 2. The summed E-state index contributed by atoms with van der Waals surface area (Å²) in [5.74, 6) is 1.43. The fraction of sp³-hybridized carbons (Fsp3) is 0.467. The lowest BCUT2D eigenvalue weighted by Crippen LogP contribution is -2.25. The summed E-state index contributed by atoms with van der Waals surface area (Å²) in [5.41, 5.74) is 1.03. The first-order valence-electron chi connectivity index (χ1n) is 6.95. The second kappa shape index (κ2) is 7.66. The normalized spacial score (nSPS) is 17.7. The summed E-state index contributed by atoms with van der Waals surface area (Å²) in [5, 5.41) is 2.50. The minimum Gasteiger partial charge on any atom is -0.493 e. The molecule has 1 aromatic carbocycles. The van der Waals surface area contributed by atoms with E-state index in [1.165, 1.54) is 11.8 Å². The third kappa shape index (κ3) is 4.35. The van der Waals surface area contributed by atoms with Crippen LogP contribution in [-0.4, -0.2) is 29.2 Å². The van der Waals surface area contributed by atoms with Crippen LogP contribution >= 0.6 is 24.0 Å². The molecule has 1 N–H and O–H groups in total. The molecule has 0 aromatic heterocycles. The molecule has 0 aliphatic carbocycles. The van der Waals surface area contributed by atoms with Crippen LogP contribution in [-0.2, 0) is 11.2 Å². The minimum absolute atomic E-state index is 0.0211. The molecule has 1 heterocycles. The standard InChI is InChI=1S/C15H19NO3S2/c1-3-4-7-19-11-6-5-10(8-12(11)18-2)9-13-14(17)16-15(20)21-13/h5-6,8,13H,3-4,7,9H2,1-2H3,(H,16,17,20). The molecule has 0 radical (unpaired) electrons. The van der Waals surface area contributed by atoms with Gasteiger partial charge in [0, 0.05) is 0 Å². The molecule has 1 fully saturated rings. The van der Waals surface area contributed by atoms with Gasteiger partial charge in [-0.25, -0.2) is 0 Å². The van der Waals surface area contributed by atoms with Crippen LogP contribution in [0.3, 0.4) is 0 Å². The first-order chi connectivity index (χ1) is 10.1. The number of unbranched alkanes of at least 4 members (excludes halogenated alkanes) is 1. The maximum atomic E-state index is 11.7. The summed E-state index contributed by atoms with van der Waals surface area (Å²) in [4.78, 5) is 11.7. The molecule has 6 heteroatoms. The van der Waals surface area contributed by atoms with Crippen LogP contribution < -0.4 is 14.8 Å². The molecule has 1 aliphatic rings. The van der Waals surface area contributed by atoms with Gasteiger partial charge in [-0.2, -0.15) is 0 Å². The Morgan fingerprint density at radius 3 is 2.81 bits per heavy atom. The number of methoxy groups -OCH3 is 1. The highest BCUT2D eigenvalue weighted by Gasteiger charge is 2.29. The predicted molar refractivity (Wildman–Crippen MR) is 89.2 cm³/mol. The van der Waals surface area contributed by atoms with Gasteiger partial charge in [0.05, 0.1) is 19.0 Å². The Balaban J connectivity index is 2.04. The Kier molecular flexibility index (Phi) is 5.87. The lowest BCUT2D eigenvalue weighted by Gasteiger charge is -2.13.